The van der Waals surface area contributed by atoms with Gasteiger partial charge in [0.2, 0.25) is 0 Å². The predicted octanol–water partition coefficient (Wildman–Crippen LogP) is 3.70. The fourth-order valence-electron chi connectivity index (χ4n) is 3.92. The Morgan fingerprint density at radius 2 is 2.15 bits per heavy atom. The number of benzene rings is 1. The van der Waals surface area contributed by atoms with Gasteiger partial charge in [-0.3, -0.25) is 9.69 Å². The van der Waals surface area contributed by atoms with Crippen LogP contribution in [-0.2, 0) is 4.79 Å². The highest BCUT2D eigenvalue weighted by atomic mass is 79.9. The van der Waals surface area contributed by atoms with Crippen LogP contribution in [0.15, 0.2) is 28.7 Å². The Labute approximate surface area is 128 Å². The van der Waals surface area contributed by atoms with Gasteiger partial charge in [0.25, 0.3) is 0 Å². The summed E-state index contributed by atoms with van der Waals surface area (Å²) in [5.74, 6) is -0.261. The Morgan fingerprint density at radius 1 is 1.45 bits per heavy atom. The summed E-state index contributed by atoms with van der Waals surface area (Å²) in [5.41, 5.74) is 0.776. The topological polar surface area (TPSA) is 40.5 Å². The van der Waals surface area contributed by atoms with Crippen molar-refractivity contribution in [3.63, 3.8) is 0 Å². The third-order valence-electron chi connectivity index (χ3n) is 5.22. The van der Waals surface area contributed by atoms with Crippen molar-refractivity contribution in [3.8, 4) is 0 Å². The van der Waals surface area contributed by atoms with Crippen LogP contribution in [0, 0.1) is 11.3 Å². The number of nitrogens with zero attached hydrogens (tertiary/aromatic N) is 1. The molecule has 20 heavy (non-hydrogen) atoms. The second kappa shape index (κ2) is 5.15. The molecule has 1 saturated heterocycles. The lowest BCUT2D eigenvalue weighted by atomic mass is 9.81. The molecule has 1 N–H and O–H groups in total. The zero-order chi connectivity index (χ0) is 14.3. The number of likely N-dealkylation sites (tertiary alicyclic amines) is 1. The molecule has 0 aromatic heterocycles. The Balaban J connectivity index is 1.80. The molecule has 4 heteroatoms. The Hall–Kier alpha value is -0.870. The Kier molecular flexibility index (Phi) is 3.63. The molecule has 0 radical (unpaired) electrons. The summed E-state index contributed by atoms with van der Waals surface area (Å²) < 4.78 is 1.08. The van der Waals surface area contributed by atoms with Crippen molar-refractivity contribution in [2.24, 2.45) is 11.3 Å². The smallest absolute Gasteiger partial charge is 0.311 e. The summed E-state index contributed by atoms with van der Waals surface area (Å²) in [6.07, 6.45) is 2.98. The molecular weight excluding hydrogens is 318 g/mol. The minimum absolute atomic E-state index is 0.282. The van der Waals surface area contributed by atoms with Crippen LogP contribution in [-0.4, -0.2) is 29.1 Å². The van der Waals surface area contributed by atoms with Crippen molar-refractivity contribution >= 4 is 21.9 Å². The molecule has 3 rings (SSSR count). The zero-order valence-electron chi connectivity index (χ0n) is 11.7. The summed E-state index contributed by atoms with van der Waals surface area (Å²) in [7, 11) is 0. The zero-order valence-corrected chi connectivity index (χ0v) is 13.3. The molecule has 0 spiro atoms. The molecule has 1 aromatic carbocycles. The van der Waals surface area contributed by atoms with Crippen LogP contribution < -0.4 is 0 Å². The van der Waals surface area contributed by atoms with Gasteiger partial charge in [-0.05, 0) is 43.4 Å². The summed E-state index contributed by atoms with van der Waals surface area (Å²) in [6.45, 7) is 3.80. The molecule has 0 bridgehead atoms. The minimum Gasteiger partial charge on any atom is -0.481 e. The first-order valence-electron chi connectivity index (χ1n) is 7.26. The molecule has 1 saturated carbocycles. The van der Waals surface area contributed by atoms with Gasteiger partial charge in [-0.15, -0.1) is 0 Å². The molecule has 0 amide bonds. The van der Waals surface area contributed by atoms with E-state index in [-0.39, 0.29) is 6.04 Å². The fourth-order valence-corrected chi connectivity index (χ4v) is 4.19. The number of hydrogen-bond acceptors (Lipinski definition) is 2. The van der Waals surface area contributed by atoms with Gasteiger partial charge in [-0.25, -0.2) is 0 Å². The summed E-state index contributed by atoms with van der Waals surface area (Å²) in [6, 6.07) is 8.63. The quantitative estimate of drug-likeness (QED) is 0.914. The molecule has 1 heterocycles. The van der Waals surface area contributed by atoms with Crippen molar-refractivity contribution in [2.45, 2.75) is 32.2 Å². The maximum absolute atomic E-state index is 11.7. The number of fused-ring (bicyclic) bond motifs is 1. The van der Waals surface area contributed by atoms with Gasteiger partial charge < -0.3 is 5.11 Å². The van der Waals surface area contributed by atoms with E-state index in [2.05, 4.69) is 52.0 Å². The summed E-state index contributed by atoms with van der Waals surface area (Å²) >= 11 is 3.45. The van der Waals surface area contributed by atoms with Gasteiger partial charge in [0.1, 0.15) is 0 Å². The molecule has 2 fully saturated rings. The molecule has 1 aliphatic heterocycles. The molecule has 108 valence electrons. The van der Waals surface area contributed by atoms with E-state index < -0.39 is 11.4 Å². The maximum Gasteiger partial charge on any atom is 0.311 e. The van der Waals surface area contributed by atoms with Gasteiger partial charge in [-0.2, -0.15) is 0 Å². The molecular formula is C16H20BrNO2. The fraction of sp³-hybridized carbons (Fsp3) is 0.562. The van der Waals surface area contributed by atoms with Crippen LogP contribution in [0.3, 0.4) is 0 Å². The van der Waals surface area contributed by atoms with Gasteiger partial charge in [0.05, 0.1) is 5.41 Å². The van der Waals surface area contributed by atoms with Crippen LogP contribution in [0.5, 0.6) is 0 Å². The standard InChI is InChI=1S/C16H20BrNO2/c1-11(12-4-6-14(17)7-5-12)18-9-13-3-2-8-16(13,10-18)15(19)20/h4-7,11,13H,2-3,8-10H2,1H3,(H,19,20)/t11?,13-,16+/m0/s1. The third-order valence-corrected chi connectivity index (χ3v) is 5.75. The first-order chi connectivity index (χ1) is 9.53. The van der Waals surface area contributed by atoms with Crippen LogP contribution in [0.25, 0.3) is 0 Å². The van der Waals surface area contributed by atoms with E-state index in [9.17, 15) is 9.90 Å². The van der Waals surface area contributed by atoms with Gasteiger partial charge in [0.15, 0.2) is 0 Å². The van der Waals surface area contributed by atoms with Crippen LogP contribution in [0.2, 0.25) is 0 Å². The van der Waals surface area contributed by atoms with E-state index >= 15 is 0 Å². The number of rotatable bonds is 3. The maximum atomic E-state index is 11.7. The summed E-state index contributed by atoms with van der Waals surface area (Å²) in [4.78, 5) is 14.1. The Morgan fingerprint density at radius 3 is 2.75 bits per heavy atom. The molecule has 3 atom stereocenters. The summed E-state index contributed by atoms with van der Waals surface area (Å²) in [5, 5.41) is 9.65. The van der Waals surface area contributed by atoms with E-state index in [4.69, 9.17) is 0 Å². The number of carboxylic acid groups (broad SMARTS) is 1. The first-order valence-corrected chi connectivity index (χ1v) is 8.05. The highest BCUT2D eigenvalue weighted by Crippen LogP contribution is 2.50. The van der Waals surface area contributed by atoms with E-state index in [1.54, 1.807) is 0 Å². The average Bonchev–Trinajstić information content (AvgIpc) is 2.96. The molecule has 2 aliphatic rings. The normalized spacial score (nSPS) is 31.2. The third kappa shape index (κ3) is 2.19. The number of aliphatic carboxylic acids is 1. The van der Waals surface area contributed by atoms with Crippen molar-refractivity contribution < 1.29 is 9.90 Å². The van der Waals surface area contributed by atoms with Crippen LogP contribution in [0.4, 0.5) is 0 Å². The lowest BCUT2D eigenvalue weighted by Gasteiger charge is -2.27. The van der Waals surface area contributed by atoms with Crippen LogP contribution in [0.1, 0.15) is 37.8 Å². The van der Waals surface area contributed by atoms with Crippen molar-refractivity contribution in [2.75, 3.05) is 13.1 Å². The predicted molar refractivity (Wildman–Crippen MR) is 81.5 cm³/mol. The lowest BCUT2D eigenvalue weighted by molar-refractivity contribution is -0.149. The molecule has 3 nitrogen and oxygen atoms in total. The van der Waals surface area contributed by atoms with E-state index in [1.165, 1.54) is 5.56 Å². The SMILES string of the molecule is CC(c1ccc(Br)cc1)N1C[C@@H]2CCC[C@@]2(C(=O)O)C1. The van der Waals surface area contributed by atoms with E-state index in [0.717, 1.165) is 30.3 Å². The lowest BCUT2D eigenvalue weighted by Crippen LogP contribution is -2.36. The minimum atomic E-state index is -0.592. The first kappa shape index (κ1) is 14.1. The van der Waals surface area contributed by atoms with E-state index in [0.29, 0.717) is 12.5 Å². The van der Waals surface area contributed by atoms with Crippen molar-refractivity contribution in [3.05, 3.63) is 34.3 Å². The van der Waals surface area contributed by atoms with Gasteiger partial charge in [0, 0.05) is 23.6 Å². The number of halogens is 1. The highest BCUT2D eigenvalue weighted by molar-refractivity contribution is 9.10. The highest BCUT2D eigenvalue weighted by Gasteiger charge is 2.55. The average molecular weight is 338 g/mol. The number of hydrogen-bond donors (Lipinski definition) is 1. The molecule has 1 aliphatic carbocycles. The molecule has 1 aromatic rings. The number of carbonyl (C=O) groups is 1. The van der Waals surface area contributed by atoms with Crippen molar-refractivity contribution in [1.82, 2.24) is 4.90 Å². The van der Waals surface area contributed by atoms with Crippen LogP contribution >= 0.6 is 15.9 Å². The number of carboxylic acids is 1. The second-order valence-electron chi connectivity index (χ2n) is 6.21. The van der Waals surface area contributed by atoms with Gasteiger partial charge >= 0.3 is 5.97 Å². The monoisotopic (exact) mass is 337 g/mol. The van der Waals surface area contributed by atoms with E-state index in [1.807, 2.05) is 0 Å². The van der Waals surface area contributed by atoms with Gasteiger partial charge in [-0.1, -0.05) is 34.5 Å². The Bertz CT molecular complexity index is 516. The molecule has 1 unspecified atom stereocenters. The van der Waals surface area contributed by atoms with Crippen molar-refractivity contribution in [1.29, 1.82) is 0 Å². The largest absolute Gasteiger partial charge is 0.481 e. The second-order valence-corrected chi connectivity index (χ2v) is 7.12.